The maximum atomic E-state index is 13.1. The van der Waals surface area contributed by atoms with Crippen molar-refractivity contribution in [2.24, 2.45) is 0 Å². The minimum atomic E-state index is -0.0275. The van der Waals surface area contributed by atoms with Gasteiger partial charge in [0.1, 0.15) is 5.75 Å². The molecule has 0 spiro atoms. The number of ether oxygens (including phenoxy) is 1. The van der Waals surface area contributed by atoms with Crippen molar-refractivity contribution in [1.29, 1.82) is 0 Å². The molecule has 0 unspecified atom stereocenters. The van der Waals surface area contributed by atoms with Gasteiger partial charge < -0.3 is 19.5 Å². The molecule has 5 nitrogen and oxygen atoms in total. The highest BCUT2D eigenvalue weighted by molar-refractivity contribution is 5.97. The lowest BCUT2D eigenvalue weighted by Crippen LogP contribution is -2.37. The maximum absolute atomic E-state index is 13.1. The number of aromatic nitrogens is 1. The van der Waals surface area contributed by atoms with Gasteiger partial charge in [-0.05, 0) is 56.6 Å². The molecule has 2 heterocycles. The number of carbonyl (C=O) groups is 1. The molecule has 1 fully saturated rings. The fourth-order valence-electron chi connectivity index (χ4n) is 4.39. The first kappa shape index (κ1) is 21.2. The summed E-state index contributed by atoms with van der Waals surface area (Å²) in [4.78, 5) is 15.6. The summed E-state index contributed by atoms with van der Waals surface area (Å²) in [5.41, 5.74) is 4.56. The lowest BCUT2D eigenvalue weighted by atomic mass is 10.1. The van der Waals surface area contributed by atoms with Crippen molar-refractivity contribution in [3.8, 4) is 22.7 Å². The van der Waals surface area contributed by atoms with Gasteiger partial charge in [-0.3, -0.25) is 4.79 Å². The van der Waals surface area contributed by atoms with Gasteiger partial charge in [0.25, 0.3) is 5.91 Å². The van der Waals surface area contributed by atoms with Crippen LogP contribution in [0.1, 0.15) is 35.3 Å². The Morgan fingerprint density at radius 3 is 2.45 bits per heavy atom. The standard InChI is InChI=1S/C26H31N3O2/c1-20-22(26(30)27-15-18-28-16-9-4-10-17-28)19-24(21-11-5-3-6-12-21)29(20)23-13-7-8-14-25(23)31-2/h3,5-8,11-14,19H,4,9-10,15-18H2,1-2H3,(H,27,30). The summed E-state index contributed by atoms with van der Waals surface area (Å²) in [7, 11) is 1.67. The van der Waals surface area contributed by atoms with Crippen LogP contribution in [0.15, 0.2) is 60.7 Å². The predicted octanol–water partition coefficient (Wildman–Crippen LogP) is 4.68. The summed E-state index contributed by atoms with van der Waals surface area (Å²) in [6.07, 6.45) is 3.84. The molecule has 4 rings (SSSR count). The second kappa shape index (κ2) is 9.84. The van der Waals surface area contributed by atoms with Crippen molar-refractivity contribution in [3.05, 3.63) is 71.9 Å². The molecule has 0 saturated carbocycles. The van der Waals surface area contributed by atoms with Crippen molar-refractivity contribution < 1.29 is 9.53 Å². The average Bonchev–Trinajstić information content (AvgIpc) is 3.17. The second-order valence-corrected chi connectivity index (χ2v) is 8.06. The van der Waals surface area contributed by atoms with Crippen LogP contribution in [0.3, 0.4) is 0 Å². The number of hydrogen-bond acceptors (Lipinski definition) is 3. The number of piperidine rings is 1. The second-order valence-electron chi connectivity index (χ2n) is 8.06. The molecule has 0 radical (unpaired) electrons. The van der Waals surface area contributed by atoms with Crippen LogP contribution in [-0.2, 0) is 0 Å². The normalized spacial score (nSPS) is 14.4. The van der Waals surface area contributed by atoms with E-state index >= 15 is 0 Å². The molecule has 1 amide bonds. The van der Waals surface area contributed by atoms with Crippen molar-refractivity contribution in [2.45, 2.75) is 26.2 Å². The Balaban J connectivity index is 1.64. The molecule has 1 aliphatic rings. The van der Waals surface area contributed by atoms with Crippen LogP contribution in [0, 0.1) is 6.92 Å². The Bertz CT molecular complexity index is 1020. The van der Waals surface area contributed by atoms with E-state index in [1.165, 1.54) is 19.3 Å². The van der Waals surface area contributed by atoms with Gasteiger partial charge in [0.15, 0.2) is 0 Å². The SMILES string of the molecule is COc1ccccc1-n1c(-c2ccccc2)cc(C(=O)NCCN2CCCCC2)c1C. The summed E-state index contributed by atoms with van der Waals surface area (Å²) in [6.45, 7) is 5.84. The van der Waals surface area contributed by atoms with Crippen molar-refractivity contribution in [2.75, 3.05) is 33.3 Å². The molecule has 5 heteroatoms. The predicted molar refractivity (Wildman–Crippen MR) is 125 cm³/mol. The third-order valence-electron chi connectivity index (χ3n) is 6.05. The number of nitrogens with one attached hydrogen (secondary N) is 1. The van der Waals surface area contributed by atoms with Gasteiger partial charge >= 0.3 is 0 Å². The molecular formula is C26H31N3O2. The van der Waals surface area contributed by atoms with E-state index in [1.54, 1.807) is 7.11 Å². The molecule has 0 atom stereocenters. The van der Waals surface area contributed by atoms with Gasteiger partial charge in [0.2, 0.25) is 0 Å². The quantitative estimate of drug-likeness (QED) is 0.607. The monoisotopic (exact) mass is 417 g/mol. The van der Waals surface area contributed by atoms with Crippen molar-refractivity contribution >= 4 is 5.91 Å². The number of hydrogen-bond donors (Lipinski definition) is 1. The first-order chi connectivity index (χ1) is 15.2. The fourth-order valence-corrected chi connectivity index (χ4v) is 4.39. The van der Waals surface area contributed by atoms with Crippen LogP contribution in [0.2, 0.25) is 0 Å². The summed E-state index contributed by atoms with van der Waals surface area (Å²) < 4.78 is 7.74. The summed E-state index contributed by atoms with van der Waals surface area (Å²) in [5.74, 6) is 0.746. The molecule has 1 saturated heterocycles. The highest BCUT2D eigenvalue weighted by Crippen LogP contribution is 2.33. The number of benzene rings is 2. The van der Waals surface area contributed by atoms with Gasteiger partial charge in [-0.1, -0.05) is 48.9 Å². The van der Waals surface area contributed by atoms with Gasteiger partial charge in [-0.15, -0.1) is 0 Å². The zero-order chi connectivity index (χ0) is 21.6. The lowest BCUT2D eigenvalue weighted by Gasteiger charge is -2.26. The molecule has 1 N–H and O–H groups in total. The number of para-hydroxylation sites is 2. The molecule has 2 aromatic carbocycles. The number of nitrogens with zero attached hydrogens (tertiary/aromatic N) is 2. The summed E-state index contributed by atoms with van der Waals surface area (Å²) in [5, 5.41) is 3.13. The molecule has 1 aromatic heterocycles. The maximum Gasteiger partial charge on any atom is 0.253 e. The molecule has 0 bridgehead atoms. The smallest absolute Gasteiger partial charge is 0.253 e. The zero-order valence-electron chi connectivity index (χ0n) is 18.4. The van der Waals surface area contributed by atoms with E-state index < -0.39 is 0 Å². The molecule has 31 heavy (non-hydrogen) atoms. The number of likely N-dealkylation sites (tertiary alicyclic amines) is 1. The molecule has 0 aliphatic carbocycles. The zero-order valence-corrected chi connectivity index (χ0v) is 18.4. The topological polar surface area (TPSA) is 46.5 Å². The molecule has 1 aliphatic heterocycles. The minimum absolute atomic E-state index is 0.0275. The Labute approximate surface area is 184 Å². The van der Waals surface area contributed by atoms with Gasteiger partial charge in [-0.25, -0.2) is 0 Å². The Morgan fingerprint density at radius 1 is 1.00 bits per heavy atom. The largest absolute Gasteiger partial charge is 0.495 e. The number of methoxy groups -OCH3 is 1. The van der Waals surface area contributed by atoms with E-state index in [9.17, 15) is 4.79 Å². The van der Waals surface area contributed by atoms with Crippen LogP contribution >= 0.6 is 0 Å². The van der Waals surface area contributed by atoms with E-state index in [0.717, 1.165) is 48.0 Å². The summed E-state index contributed by atoms with van der Waals surface area (Å²) >= 11 is 0. The summed E-state index contributed by atoms with van der Waals surface area (Å²) in [6, 6.07) is 20.1. The highest BCUT2D eigenvalue weighted by Gasteiger charge is 2.21. The van der Waals surface area contributed by atoms with Gasteiger partial charge in [0, 0.05) is 18.8 Å². The van der Waals surface area contributed by atoms with Crippen LogP contribution in [-0.4, -0.2) is 48.7 Å². The van der Waals surface area contributed by atoms with Crippen LogP contribution < -0.4 is 10.1 Å². The first-order valence-corrected chi connectivity index (χ1v) is 11.1. The average molecular weight is 418 g/mol. The first-order valence-electron chi connectivity index (χ1n) is 11.1. The number of amides is 1. The van der Waals surface area contributed by atoms with E-state index in [0.29, 0.717) is 12.1 Å². The van der Waals surface area contributed by atoms with Crippen molar-refractivity contribution in [3.63, 3.8) is 0 Å². The van der Waals surface area contributed by atoms with Crippen LogP contribution in [0.4, 0.5) is 0 Å². The third kappa shape index (κ3) is 4.67. The Kier molecular flexibility index (Phi) is 6.73. The van der Waals surface area contributed by atoms with Crippen molar-refractivity contribution in [1.82, 2.24) is 14.8 Å². The Hall–Kier alpha value is -3.05. The molecule has 162 valence electrons. The molecule has 3 aromatic rings. The number of rotatable bonds is 7. The van der Waals surface area contributed by atoms with E-state index in [-0.39, 0.29) is 5.91 Å². The van der Waals surface area contributed by atoms with Crippen LogP contribution in [0.25, 0.3) is 16.9 Å². The van der Waals surface area contributed by atoms with E-state index in [1.807, 2.05) is 55.5 Å². The Morgan fingerprint density at radius 2 is 1.71 bits per heavy atom. The lowest BCUT2D eigenvalue weighted by molar-refractivity contribution is 0.0946. The van der Waals surface area contributed by atoms with E-state index in [4.69, 9.17) is 4.74 Å². The van der Waals surface area contributed by atoms with Crippen LogP contribution in [0.5, 0.6) is 5.75 Å². The van der Waals surface area contributed by atoms with Gasteiger partial charge in [0.05, 0.1) is 24.1 Å². The third-order valence-corrected chi connectivity index (χ3v) is 6.05. The fraction of sp³-hybridized carbons (Fsp3) is 0.346. The highest BCUT2D eigenvalue weighted by atomic mass is 16.5. The van der Waals surface area contributed by atoms with Gasteiger partial charge in [-0.2, -0.15) is 0 Å². The minimum Gasteiger partial charge on any atom is -0.495 e. The molecular weight excluding hydrogens is 386 g/mol. The van der Waals surface area contributed by atoms with E-state index in [2.05, 4.69) is 26.9 Å². The number of carbonyl (C=O) groups excluding carboxylic acids is 1.